The lowest BCUT2D eigenvalue weighted by Gasteiger charge is -2.33. The molecule has 1 atom stereocenters. The predicted molar refractivity (Wildman–Crippen MR) is 127 cm³/mol. The first-order valence-corrected chi connectivity index (χ1v) is 11.8. The van der Waals surface area contributed by atoms with E-state index >= 15 is 0 Å². The Balaban J connectivity index is 1.16. The molecule has 0 bridgehead atoms. The minimum Gasteiger partial charge on any atom is -0.441 e. The number of oxazole rings is 1. The number of hydrogen-bond donors (Lipinski definition) is 1. The summed E-state index contributed by atoms with van der Waals surface area (Å²) in [7, 11) is 0. The summed E-state index contributed by atoms with van der Waals surface area (Å²) in [4.78, 5) is 19.1. The minimum absolute atomic E-state index is 0.0612. The number of rotatable bonds is 9. The summed E-state index contributed by atoms with van der Waals surface area (Å²) >= 11 is 0. The highest BCUT2D eigenvalue weighted by Gasteiger charge is 2.18. The summed E-state index contributed by atoms with van der Waals surface area (Å²) in [6.07, 6.45) is 7.54. The van der Waals surface area contributed by atoms with Crippen LogP contribution in [0.3, 0.4) is 0 Å². The van der Waals surface area contributed by atoms with Crippen LogP contribution in [0.5, 0.6) is 0 Å². The third-order valence-corrected chi connectivity index (χ3v) is 6.25. The van der Waals surface area contributed by atoms with E-state index in [1.165, 1.54) is 31.4 Å². The molecule has 1 unspecified atom stereocenters. The largest absolute Gasteiger partial charge is 0.441 e. The number of carbonyl (C=O) groups is 1. The van der Waals surface area contributed by atoms with Gasteiger partial charge in [-0.2, -0.15) is 0 Å². The van der Waals surface area contributed by atoms with E-state index in [4.69, 9.17) is 4.42 Å². The van der Waals surface area contributed by atoms with E-state index in [1.807, 2.05) is 30.3 Å². The second-order valence-electron chi connectivity index (χ2n) is 8.75. The standard InChI is InChI=1S/C27H33N3O2/c1-21-8-5-6-17-30(21)20-23-15-13-22(14-16-23)18-28-26(31)11-7-12-27-29-19-25(32-27)24-9-3-2-4-10-24/h2-4,9-10,13-16,19,21H,5-8,11-12,17-18,20H2,1H3,(H,28,31). The normalized spacial score (nSPS) is 16.7. The summed E-state index contributed by atoms with van der Waals surface area (Å²) in [6, 6.07) is 19.2. The van der Waals surface area contributed by atoms with Crippen molar-refractivity contribution in [2.75, 3.05) is 6.54 Å². The lowest BCUT2D eigenvalue weighted by molar-refractivity contribution is -0.121. The predicted octanol–water partition coefficient (Wildman–Crippen LogP) is 5.36. The topological polar surface area (TPSA) is 58.4 Å². The zero-order valence-electron chi connectivity index (χ0n) is 18.9. The smallest absolute Gasteiger partial charge is 0.220 e. The van der Waals surface area contributed by atoms with Crippen LogP contribution < -0.4 is 5.32 Å². The molecular weight excluding hydrogens is 398 g/mol. The number of carbonyl (C=O) groups excluding carboxylic acids is 1. The number of piperidine rings is 1. The maximum absolute atomic E-state index is 12.2. The van der Waals surface area contributed by atoms with Crippen molar-refractivity contribution in [3.05, 3.63) is 77.8 Å². The first kappa shape index (κ1) is 22.3. The van der Waals surface area contributed by atoms with Crippen molar-refractivity contribution >= 4 is 5.91 Å². The molecule has 0 aliphatic carbocycles. The highest BCUT2D eigenvalue weighted by molar-refractivity contribution is 5.75. The molecule has 5 heteroatoms. The van der Waals surface area contributed by atoms with Gasteiger partial charge in [0.15, 0.2) is 11.7 Å². The molecule has 32 heavy (non-hydrogen) atoms. The second kappa shape index (κ2) is 11.1. The van der Waals surface area contributed by atoms with E-state index in [2.05, 4.69) is 46.4 Å². The number of hydrogen-bond acceptors (Lipinski definition) is 4. The Hall–Kier alpha value is -2.92. The first-order valence-electron chi connectivity index (χ1n) is 11.8. The molecule has 1 saturated heterocycles. The summed E-state index contributed by atoms with van der Waals surface area (Å²) in [6.45, 7) is 5.10. The van der Waals surface area contributed by atoms with Crippen molar-refractivity contribution in [1.82, 2.24) is 15.2 Å². The molecule has 1 amide bonds. The molecule has 1 fully saturated rings. The molecule has 1 aromatic heterocycles. The monoisotopic (exact) mass is 431 g/mol. The number of likely N-dealkylation sites (tertiary alicyclic amines) is 1. The molecule has 2 heterocycles. The van der Waals surface area contributed by atoms with Gasteiger partial charge >= 0.3 is 0 Å². The quantitative estimate of drug-likeness (QED) is 0.496. The summed E-state index contributed by atoms with van der Waals surface area (Å²) < 4.78 is 5.81. The molecule has 0 saturated carbocycles. The zero-order chi connectivity index (χ0) is 22.2. The van der Waals surface area contributed by atoms with E-state index in [9.17, 15) is 4.79 Å². The lowest BCUT2D eigenvalue weighted by atomic mass is 10.0. The van der Waals surface area contributed by atoms with Crippen LogP contribution in [-0.2, 0) is 24.3 Å². The van der Waals surface area contributed by atoms with E-state index in [-0.39, 0.29) is 5.91 Å². The van der Waals surface area contributed by atoms with Crippen LogP contribution in [-0.4, -0.2) is 28.4 Å². The fourth-order valence-electron chi connectivity index (χ4n) is 4.24. The molecule has 1 aliphatic heterocycles. The maximum atomic E-state index is 12.2. The van der Waals surface area contributed by atoms with Crippen molar-refractivity contribution < 1.29 is 9.21 Å². The Morgan fingerprint density at radius 1 is 1.09 bits per heavy atom. The molecule has 0 radical (unpaired) electrons. The molecule has 1 aliphatic rings. The van der Waals surface area contributed by atoms with Crippen molar-refractivity contribution in [3.8, 4) is 11.3 Å². The van der Waals surface area contributed by atoms with Crippen LogP contribution >= 0.6 is 0 Å². The number of nitrogens with zero attached hydrogens (tertiary/aromatic N) is 2. The summed E-state index contributed by atoms with van der Waals surface area (Å²) in [5.74, 6) is 1.50. The highest BCUT2D eigenvalue weighted by atomic mass is 16.4. The van der Waals surface area contributed by atoms with Gasteiger partial charge < -0.3 is 9.73 Å². The minimum atomic E-state index is 0.0612. The van der Waals surface area contributed by atoms with Gasteiger partial charge in [-0.25, -0.2) is 4.98 Å². The van der Waals surface area contributed by atoms with Crippen LogP contribution in [0.15, 0.2) is 65.2 Å². The first-order chi connectivity index (χ1) is 15.7. The Labute approximate surface area is 190 Å². The Bertz CT molecular complexity index is 982. The third-order valence-electron chi connectivity index (χ3n) is 6.25. The summed E-state index contributed by atoms with van der Waals surface area (Å²) in [5, 5.41) is 3.02. The van der Waals surface area contributed by atoms with Crippen molar-refractivity contribution in [2.45, 2.75) is 64.6 Å². The summed E-state index contributed by atoms with van der Waals surface area (Å²) in [5.41, 5.74) is 3.49. The average molecular weight is 432 g/mol. The van der Waals surface area contributed by atoms with Crippen LogP contribution in [0.25, 0.3) is 11.3 Å². The SMILES string of the molecule is CC1CCCCN1Cc1ccc(CNC(=O)CCCc2ncc(-c3ccccc3)o2)cc1. The van der Waals surface area contributed by atoms with Crippen LogP contribution in [0, 0.1) is 0 Å². The number of amides is 1. The van der Waals surface area contributed by atoms with Gasteiger partial charge in [0.25, 0.3) is 0 Å². The molecular formula is C27H33N3O2. The average Bonchev–Trinajstić information content (AvgIpc) is 3.30. The fourth-order valence-corrected chi connectivity index (χ4v) is 4.24. The fraction of sp³-hybridized carbons (Fsp3) is 0.407. The van der Waals surface area contributed by atoms with Gasteiger partial charge in [-0.05, 0) is 43.9 Å². The Morgan fingerprint density at radius 3 is 2.66 bits per heavy atom. The van der Waals surface area contributed by atoms with Crippen LogP contribution in [0.1, 0.15) is 56.0 Å². The number of nitrogens with one attached hydrogen (secondary N) is 1. The van der Waals surface area contributed by atoms with E-state index in [1.54, 1.807) is 6.20 Å². The highest BCUT2D eigenvalue weighted by Crippen LogP contribution is 2.21. The van der Waals surface area contributed by atoms with Gasteiger partial charge in [0.2, 0.25) is 5.91 Å². The molecule has 168 valence electrons. The molecule has 1 N–H and O–H groups in total. The lowest BCUT2D eigenvalue weighted by Crippen LogP contribution is -2.36. The van der Waals surface area contributed by atoms with Crippen molar-refractivity contribution in [1.29, 1.82) is 0 Å². The number of aryl methyl sites for hydroxylation is 1. The molecule has 2 aromatic carbocycles. The third kappa shape index (κ3) is 6.30. The van der Waals surface area contributed by atoms with Gasteiger partial charge in [-0.3, -0.25) is 9.69 Å². The Kier molecular flexibility index (Phi) is 7.73. The van der Waals surface area contributed by atoms with Gasteiger partial charge in [-0.15, -0.1) is 0 Å². The molecule has 3 aromatic rings. The second-order valence-corrected chi connectivity index (χ2v) is 8.75. The maximum Gasteiger partial charge on any atom is 0.220 e. The van der Waals surface area contributed by atoms with Crippen LogP contribution in [0.4, 0.5) is 0 Å². The van der Waals surface area contributed by atoms with Gasteiger partial charge in [0.05, 0.1) is 6.20 Å². The van der Waals surface area contributed by atoms with Crippen molar-refractivity contribution in [3.63, 3.8) is 0 Å². The van der Waals surface area contributed by atoms with Crippen molar-refractivity contribution in [2.24, 2.45) is 0 Å². The molecule has 0 spiro atoms. The number of aromatic nitrogens is 1. The molecule has 4 rings (SSSR count). The van der Waals surface area contributed by atoms with Gasteiger partial charge in [0, 0.05) is 37.5 Å². The Morgan fingerprint density at radius 2 is 1.88 bits per heavy atom. The van der Waals surface area contributed by atoms with Gasteiger partial charge in [0.1, 0.15) is 0 Å². The molecule has 5 nitrogen and oxygen atoms in total. The van der Waals surface area contributed by atoms with E-state index in [0.29, 0.717) is 37.7 Å². The van der Waals surface area contributed by atoms with E-state index < -0.39 is 0 Å². The van der Waals surface area contributed by atoms with E-state index in [0.717, 1.165) is 23.4 Å². The number of benzene rings is 2. The van der Waals surface area contributed by atoms with Crippen LogP contribution in [0.2, 0.25) is 0 Å². The van der Waals surface area contributed by atoms with Gasteiger partial charge in [-0.1, -0.05) is 61.0 Å². The zero-order valence-corrected chi connectivity index (χ0v) is 18.9.